The number of rotatable bonds is 6. The molecule has 0 N–H and O–H groups in total. The molecule has 0 saturated carbocycles. The number of amides is 1. The van der Waals surface area contributed by atoms with Gasteiger partial charge in [-0.25, -0.2) is 4.98 Å². The van der Waals surface area contributed by atoms with Crippen molar-refractivity contribution in [2.24, 2.45) is 0 Å². The molecule has 1 saturated heterocycles. The Morgan fingerprint density at radius 2 is 1.96 bits per heavy atom. The molecule has 28 heavy (non-hydrogen) atoms. The van der Waals surface area contributed by atoms with Crippen LogP contribution >= 0.6 is 11.3 Å². The minimum absolute atomic E-state index is 0.139. The molecule has 0 radical (unpaired) electrons. The fraction of sp³-hybridized carbons (Fsp3) is 0.524. The molecule has 1 aromatic carbocycles. The standard InChI is InChI=1S/C21H27N3O3S/c1-3-4-5-19-22-15(2)20(28-19)21(25)24-10-8-23(9-11-24)13-16-6-7-17-18(12-16)27-14-26-17/h6-7,12H,3-5,8-11,13-14H2,1-2H3. The van der Waals surface area contributed by atoms with Gasteiger partial charge in [0.25, 0.3) is 5.91 Å². The van der Waals surface area contributed by atoms with E-state index < -0.39 is 0 Å². The highest BCUT2D eigenvalue weighted by atomic mass is 32.1. The molecule has 3 heterocycles. The van der Waals surface area contributed by atoms with Crippen LogP contribution in [0.2, 0.25) is 0 Å². The summed E-state index contributed by atoms with van der Waals surface area (Å²) in [5, 5.41) is 1.09. The summed E-state index contributed by atoms with van der Waals surface area (Å²) in [6.07, 6.45) is 3.24. The molecule has 150 valence electrons. The lowest BCUT2D eigenvalue weighted by molar-refractivity contribution is 0.0632. The largest absolute Gasteiger partial charge is 0.454 e. The Morgan fingerprint density at radius 3 is 2.75 bits per heavy atom. The van der Waals surface area contributed by atoms with Crippen LogP contribution in [0.3, 0.4) is 0 Å². The van der Waals surface area contributed by atoms with Crippen LogP contribution in [0.1, 0.15) is 45.7 Å². The summed E-state index contributed by atoms with van der Waals surface area (Å²) in [5.74, 6) is 1.78. The Morgan fingerprint density at radius 1 is 1.18 bits per heavy atom. The van der Waals surface area contributed by atoms with E-state index in [0.29, 0.717) is 6.79 Å². The minimum Gasteiger partial charge on any atom is -0.454 e. The van der Waals surface area contributed by atoms with Crippen LogP contribution < -0.4 is 9.47 Å². The number of thiazole rings is 1. The van der Waals surface area contributed by atoms with Gasteiger partial charge in [-0.15, -0.1) is 11.3 Å². The third-order valence-electron chi connectivity index (χ3n) is 5.28. The van der Waals surface area contributed by atoms with E-state index in [1.807, 2.05) is 17.9 Å². The third kappa shape index (κ3) is 4.15. The Kier molecular flexibility index (Phi) is 5.82. The summed E-state index contributed by atoms with van der Waals surface area (Å²) >= 11 is 1.57. The monoisotopic (exact) mass is 401 g/mol. The molecule has 1 fully saturated rings. The van der Waals surface area contributed by atoms with Gasteiger partial charge in [-0.05, 0) is 37.5 Å². The number of unbranched alkanes of at least 4 members (excludes halogenated alkanes) is 1. The van der Waals surface area contributed by atoms with Gasteiger partial charge in [-0.3, -0.25) is 9.69 Å². The van der Waals surface area contributed by atoms with Crippen LogP contribution in [0.25, 0.3) is 0 Å². The third-order valence-corrected chi connectivity index (χ3v) is 6.49. The first-order valence-electron chi connectivity index (χ1n) is 10.0. The van der Waals surface area contributed by atoms with E-state index in [9.17, 15) is 4.79 Å². The molecule has 6 nitrogen and oxygen atoms in total. The van der Waals surface area contributed by atoms with Gasteiger partial charge in [-0.1, -0.05) is 19.4 Å². The number of nitrogens with zero attached hydrogens (tertiary/aromatic N) is 3. The summed E-state index contributed by atoms with van der Waals surface area (Å²) in [4.78, 5) is 22.7. The topological polar surface area (TPSA) is 54.9 Å². The zero-order chi connectivity index (χ0) is 19.5. The van der Waals surface area contributed by atoms with Crippen LogP contribution in [0.4, 0.5) is 0 Å². The predicted molar refractivity (Wildman–Crippen MR) is 109 cm³/mol. The fourth-order valence-corrected chi connectivity index (χ4v) is 4.71. The van der Waals surface area contributed by atoms with E-state index in [4.69, 9.17) is 9.47 Å². The van der Waals surface area contributed by atoms with Gasteiger partial charge >= 0.3 is 0 Å². The molecule has 4 rings (SSSR count). The van der Waals surface area contributed by atoms with Gasteiger partial charge in [-0.2, -0.15) is 0 Å². The first kappa shape index (κ1) is 19.2. The van der Waals surface area contributed by atoms with Crippen LogP contribution in [0.5, 0.6) is 11.5 Å². The molecule has 2 aliphatic rings. The maximum absolute atomic E-state index is 12.9. The van der Waals surface area contributed by atoms with E-state index >= 15 is 0 Å². The molecular formula is C21H27N3O3S. The molecule has 7 heteroatoms. The first-order chi connectivity index (χ1) is 13.6. The van der Waals surface area contributed by atoms with Crippen molar-refractivity contribution in [2.45, 2.75) is 39.7 Å². The highest BCUT2D eigenvalue weighted by molar-refractivity contribution is 7.13. The van der Waals surface area contributed by atoms with E-state index in [0.717, 1.165) is 79.1 Å². The van der Waals surface area contributed by atoms with Crippen molar-refractivity contribution < 1.29 is 14.3 Å². The number of benzene rings is 1. The van der Waals surface area contributed by atoms with Crippen molar-refractivity contribution in [3.63, 3.8) is 0 Å². The number of aryl methyl sites for hydroxylation is 2. The summed E-state index contributed by atoms with van der Waals surface area (Å²) in [6.45, 7) is 8.55. The average molecular weight is 402 g/mol. The maximum Gasteiger partial charge on any atom is 0.265 e. The van der Waals surface area contributed by atoms with Crippen molar-refractivity contribution in [1.29, 1.82) is 0 Å². The molecule has 0 aliphatic carbocycles. The Bertz CT molecular complexity index is 843. The minimum atomic E-state index is 0.139. The van der Waals surface area contributed by atoms with Gasteiger partial charge in [0.05, 0.1) is 10.7 Å². The van der Waals surface area contributed by atoms with Gasteiger partial charge < -0.3 is 14.4 Å². The van der Waals surface area contributed by atoms with Gasteiger partial charge in [0.1, 0.15) is 4.88 Å². The van der Waals surface area contributed by atoms with E-state index in [2.05, 4.69) is 28.9 Å². The molecule has 1 aromatic heterocycles. The van der Waals surface area contributed by atoms with Gasteiger partial charge in [0.2, 0.25) is 6.79 Å². The second-order valence-electron chi connectivity index (χ2n) is 7.38. The van der Waals surface area contributed by atoms with E-state index in [1.165, 1.54) is 5.56 Å². The number of carbonyl (C=O) groups is 1. The smallest absolute Gasteiger partial charge is 0.265 e. The predicted octanol–water partition coefficient (Wildman–Crippen LogP) is 3.48. The average Bonchev–Trinajstić information content (AvgIpc) is 3.32. The van der Waals surface area contributed by atoms with Gasteiger partial charge in [0, 0.05) is 32.7 Å². The highest BCUT2D eigenvalue weighted by Crippen LogP contribution is 2.33. The molecule has 1 amide bonds. The Labute approximate surface area is 170 Å². The molecule has 0 atom stereocenters. The summed E-state index contributed by atoms with van der Waals surface area (Å²) in [7, 11) is 0. The second kappa shape index (κ2) is 8.49. The fourth-order valence-electron chi connectivity index (χ4n) is 3.64. The van der Waals surface area contributed by atoms with Crippen LogP contribution in [0, 0.1) is 6.92 Å². The van der Waals surface area contributed by atoms with Crippen LogP contribution in [0.15, 0.2) is 18.2 Å². The number of ether oxygens (including phenoxy) is 2. The zero-order valence-corrected chi connectivity index (χ0v) is 17.4. The summed E-state index contributed by atoms with van der Waals surface area (Å²) < 4.78 is 10.8. The zero-order valence-electron chi connectivity index (χ0n) is 16.6. The normalized spacial score (nSPS) is 16.6. The number of piperazine rings is 1. The molecule has 2 aromatic rings. The highest BCUT2D eigenvalue weighted by Gasteiger charge is 2.25. The van der Waals surface area contributed by atoms with Crippen LogP contribution in [-0.2, 0) is 13.0 Å². The number of aromatic nitrogens is 1. The van der Waals surface area contributed by atoms with E-state index in [1.54, 1.807) is 11.3 Å². The molecule has 0 spiro atoms. The van der Waals surface area contributed by atoms with Crippen molar-refractivity contribution in [1.82, 2.24) is 14.8 Å². The lowest BCUT2D eigenvalue weighted by Gasteiger charge is -2.34. The number of hydrogen-bond acceptors (Lipinski definition) is 6. The van der Waals surface area contributed by atoms with Gasteiger partial charge in [0.15, 0.2) is 11.5 Å². The molecule has 0 unspecified atom stereocenters. The molecule has 2 aliphatic heterocycles. The van der Waals surface area contributed by atoms with Crippen molar-refractivity contribution in [2.75, 3.05) is 33.0 Å². The summed E-state index contributed by atoms with van der Waals surface area (Å²) in [6, 6.07) is 6.11. The van der Waals surface area contributed by atoms with Crippen molar-refractivity contribution in [3.05, 3.63) is 39.3 Å². The van der Waals surface area contributed by atoms with E-state index in [-0.39, 0.29) is 5.91 Å². The quantitative estimate of drug-likeness (QED) is 0.742. The van der Waals surface area contributed by atoms with Crippen molar-refractivity contribution in [3.8, 4) is 11.5 Å². The summed E-state index contributed by atoms with van der Waals surface area (Å²) in [5.41, 5.74) is 2.09. The number of carbonyl (C=O) groups excluding carboxylic acids is 1. The Balaban J connectivity index is 1.32. The Hall–Kier alpha value is -2.12. The molecule has 0 bridgehead atoms. The van der Waals surface area contributed by atoms with Crippen molar-refractivity contribution >= 4 is 17.2 Å². The lowest BCUT2D eigenvalue weighted by Crippen LogP contribution is -2.48. The lowest BCUT2D eigenvalue weighted by atomic mass is 10.1. The maximum atomic E-state index is 12.9. The first-order valence-corrected chi connectivity index (χ1v) is 10.8. The SMILES string of the molecule is CCCCc1nc(C)c(C(=O)N2CCN(Cc3ccc4c(c3)OCO4)CC2)s1. The number of fused-ring (bicyclic) bond motifs is 1. The molecular weight excluding hydrogens is 374 g/mol. The number of hydrogen-bond donors (Lipinski definition) is 0. The second-order valence-corrected chi connectivity index (χ2v) is 8.47. The van der Waals surface area contributed by atoms with Crippen LogP contribution in [-0.4, -0.2) is 53.7 Å².